The number of carbonyl (C=O) groups is 1. The van der Waals surface area contributed by atoms with E-state index in [-0.39, 0.29) is 5.91 Å². The predicted molar refractivity (Wildman–Crippen MR) is 97.4 cm³/mol. The van der Waals surface area contributed by atoms with Gasteiger partial charge in [-0.15, -0.1) is 0 Å². The van der Waals surface area contributed by atoms with Crippen LogP contribution in [0, 0.1) is 6.92 Å². The highest BCUT2D eigenvalue weighted by atomic mass is 16.3. The van der Waals surface area contributed by atoms with E-state index in [1.54, 1.807) is 6.92 Å². The van der Waals surface area contributed by atoms with Crippen LogP contribution in [0.2, 0.25) is 0 Å². The molecule has 4 rings (SSSR count). The fourth-order valence-corrected chi connectivity index (χ4v) is 3.48. The number of aromatic amines is 1. The van der Waals surface area contributed by atoms with Crippen LogP contribution in [0.4, 0.5) is 0 Å². The molecular weight excluding hydrogens is 330 g/mol. The minimum atomic E-state index is -0.594. The topological polar surface area (TPSA) is 87.0 Å². The van der Waals surface area contributed by atoms with Gasteiger partial charge in [-0.1, -0.05) is 6.07 Å². The maximum absolute atomic E-state index is 12.8. The average molecular weight is 353 g/mol. The largest absolute Gasteiger partial charge is 0.387 e. The van der Waals surface area contributed by atoms with Crippen molar-refractivity contribution >= 4 is 16.9 Å². The molecule has 0 aliphatic carbocycles. The molecule has 136 valence electrons. The monoisotopic (exact) mass is 353 g/mol. The Morgan fingerprint density at radius 1 is 1.35 bits per heavy atom. The van der Waals surface area contributed by atoms with Gasteiger partial charge in [0.2, 0.25) is 5.91 Å². The van der Waals surface area contributed by atoms with Crippen molar-refractivity contribution in [1.82, 2.24) is 24.6 Å². The molecule has 1 atom stereocenters. The maximum Gasteiger partial charge on any atom is 0.227 e. The first-order valence-electron chi connectivity index (χ1n) is 8.97. The summed E-state index contributed by atoms with van der Waals surface area (Å²) in [6, 6.07) is 7.82. The summed E-state index contributed by atoms with van der Waals surface area (Å²) in [6.07, 6.45) is 0.632. The summed E-state index contributed by atoms with van der Waals surface area (Å²) < 4.78 is 1.91. The predicted octanol–water partition coefficient (Wildman–Crippen LogP) is 2.10. The third-order valence-corrected chi connectivity index (χ3v) is 4.83. The Balaban J connectivity index is 1.51. The van der Waals surface area contributed by atoms with E-state index >= 15 is 0 Å². The van der Waals surface area contributed by atoms with Gasteiger partial charge < -0.3 is 15.0 Å². The number of H-pyrrole nitrogens is 1. The van der Waals surface area contributed by atoms with Gasteiger partial charge >= 0.3 is 0 Å². The Labute approximate surface area is 151 Å². The van der Waals surface area contributed by atoms with E-state index < -0.39 is 6.10 Å². The molecule has 0 radical (unpaired) electrons. The summed E-state index contributed by atoms with van der Waals surface area (Å²) in [7, 11) is 0. The molecule has 1 aliphatic rings. The summed E-state index contributed by atoms with van der Waals surface area (Å²) in [5.41, 5.74) is 4.50. The van der Waals surface area contributed by atoms with Crippen molar-refractivity contribution in [3.63, 3.8) is 0 Å². The number of nitrogens with zero attached hydrogens (tertiary/aromatic N) is 4. The Hall–Kier alpha value is -2.67. The summed E-state index contributed by atoms with van der Waals surface area (Å²) in [5, 5.41) is 14.2. The Morgan fingerprint density at radius 3 is 3.00 bits per heavy atom. The van der Waals surface area contributed by atoms with Crippen LogP contribution >= 0.6 is 0 Å². The molecule has 2 N–H and O–H groups in total. The number of aromatic nitrogens is 4. The minimum Gasteiger partial charge on any atom is -0.387 e. The van der Waals surface area contributed by atoms with Crippen LogP contribution in [-0.2, 0) is 24.3 Å². The first-order chi connectivity index (χ1) is 12.5. The third-order valence-electron chi connectivity index (χ3n) is 4.83. The van der Waals surface area contributed by atoms with Crippen LogP contribution in [0.15, 0.2) is 24.3 Å². The van der Waals surface area contributed by atoms with Crippen LogP contribution in [0.3, 0.4) is 0 Å². The van der Waals surface area contributed by atoms with E-state index in [2.05, 4.69) is 15.1 Å². The van der Waals surface area contributed by atoms with Crippen LogP contribution in [0.25, 0.3) is 11.0 Å². The number of hydrogen-bond donors (Lipinski definition) is 2. The molecule has 0 bridgehead atoms. The van der Waals surface area contributed by atoms with Gasteiger partial charge in [0.1, 0.15) is 5.82 Å². The average Bonchev–Trinajstić information content (AvgIpc) is 3.10. The molecule has 0 saturated heterocycles. The van der Waals surface area contributed by atoms with Crippen molar-refractivity contribution in [3.8, 4) is 0 Å². The lowest BCUT2D eigenvalue weighted by Crippen LogP contribution is -2.32. The molecule has 1 amide bonds. The number of benzene rings is 1. The molecule has 0 fully saturated rings. The highest BCUT2D eigenvalue weighted by molar-refractivity contribution is 5.81. The molecule has 1 aliphatic heterocycles. The molecule has 3 aromatic rings. The number of amides is 1. The summed E-state index contributed by atoms with van der Waals surface area (Å²) in [5.74, 6) is 0.979. The molecule has 2 aromatic heterocycles. The van der Waals surface area contributed by atoms with Gasteiger partial charge in [-0.05, 0) is 44.0 Å². The van der Waals surface area contributed by atoms with Gasteiger partial charge in [0, 0.05) is 13.1 Å². The van der Waals surface area contributed by atoms with Gasteiger partial charge in [0.25, 0.3) is 0 Å². The van der Waals surface area contributed by atoms with E-state index in [1.165, 1.54) is 0 Å². The Kier molecular flexibility index (Phi) is 4.24. The number of hydrogen-bond acceptors (Lipinski definition) is 4. The zero-order chi connectivity index (χ0) is 18.3. The molecule has 0 spiro atoms. The van der Waals surface area contributed by atoms with Crippen LogP contribution in [0.5, 0.6) is 0 Å². The van der Waals surface area contributed by atoms with Crippen LogP contribution < -0.4 is 0 Å². The number of rotatable bonds is 3. The van der Waals surface area contributed by atoms with E-state index in [1.807, 2.05) is 40.8 Å². The smallest absolute Gasteiger partial charge is 0.227 e. The number of aryl methyl sites for hydroxylation is 2. The molecule has 7 nitrogen and oxygen atoms in total. The highest BCUT2D eigenvalue weighted by Gasteiger charge is 2.21. The quantitative estimate of drug-likeness (QED) is 0.755. The number of nitrogens with one attached hydrogen (secondary N) is 1. The van der Waals surface area contributed by atoms with Gasteiger partial charge in [0.05, 0.1) is 41.5 Å². The van der Waals surface area contributed by atoms with E-state index in [4.69, 9.17) is 0 Å². The van der Waals surface area contributed by atoms with Crippen LogP contribution in [0.1, 0.15) is 42.2 Å². The van der Waals surface area contributed by atoms with Gasteiger partial charge in [-0.25, -0.2) is 4.98 Å². The summed E-state index contributed by atoms with van der Waals surface area (Å²) in [4.78, 5) is 22.3. The number of aliphatic hydroxyl groups excluding tert-OH is 1. The zero-order valence-electron chi connectivity index (χ0n) is 15.1. The molecule has 3 heterocycles. The van der Waals surface area contributed by atoms with E-state index in [0.29, 0.717) is 18.7 Å². The van der Waals surface area contributed by atoms with Crippen molar-refractivity contribution in [2.45, 2.75) is 45.9 Å². The minimum absolute atomic E-state index is 0.105. The standard InChI is InChI=1S/C19H23N5O2/c1-12(25)17-10-15-11-23(6-3-7-24(15)22-17)19(26)9-14-4-5-16-18(8-14)21-13(2)20-16/h4-5,8,10,12,25H,3,6-7,9,11H2,1-2H3,(H,20,21)/t12-/m1/s1. The highest BCUT2D eigenvalue weighted by Crippen LogP contribution is 2.19. The van der Waals surface area contributed by atoms with Gasteiger partial charge in [-0.2, -0.15) is 5.10 Å². The normalized spacial score (nSPS) is 15.7. The second-order valence-electron chi connectivity index (χ2n) is 6.98. The van der Waals surface area contributed by atoms with Crippen molar-refractivity contribution in [2.75, 3.05) is 6.54 Å². The van der Waals surface area contributed by atoms with Crippen molar-refractivity contribution in [1.29, 1.82) is 0 Å². The number of fused-ring (bicyclic) bond motifs is 2. The fraction of sp³-hybridized carbons (Fsp3) is 0.421. The lowest BCUT2D eigenvalue weighted by Gasteiger charge is -2.20. The van der Waals surface area contributed by atoms with E-state index in [9.17, 15) is 9.90 Å². The Morgan fingerprint density at radius 2 is 2.19 bits per heavy atom. The SMILES string of the molecule is Cc1nc2ccc(CC(=O)N3CCCn4nc([C@@H](C)O)cc4C3)cc2[nH]1. The molecular formula is C19H23N5O2. The second kappa shape index (κ2) is 6.57. The maximum atomic E-state index is 12.8. The lowest BCUT2D eigenvalue weighted by molar-refractivity contribution is -0.131. The van der Waals surface area contributed by atoms with Gasteiger partial charge in [0.15, 0.2) is 0 Å². The van der Waals surface area contributed by atoms with Crippen molar-refractivity contribution in [2.24, 2.45) is 0 Å². The zero-order valence-corrected chi connectivity index (χ0v) is 15.1. The van der Waals surface area contributed by atoms with E-state index in [0.717, 1.165) is 47.6 Å². The van der Waals surface area contributed by atoms with Crippen molar-refractivity contribution in [3.05, 3.63) is 47.0 Å². The van der Waals surface area contributed by atoms with Gasteiger partial charge in [-0.3, -0.25) is 9.48 Å². The van der Waals surface area contributed by atoms with Crippen LogP contribution in [-0.4, -0.2) is 42.2 Å². The lowest BCUT2D eigenvalue weighted by atomic mass is 10.1. The first kappa shape index (κ1) is 16.8. The summed E-state index contributed by atoms with van der Waals surface area (Å²) >= 11 is 0. The third kappa shape index (κ3) is 3.22. The number of aliphatic hydroxyl groups is 1. The summed E-state index contributed by atoms with van der Waals surface area (Å²) in [6.45, 7) is 5.65. The first-order valence-corrected chi connectivity index (χ1v) is 8.97. The second-order valence-corrected chi connectivity index (χ2v) is 6.98. The molecule has 1 aromatic carbocycles. The molecule has 0 unspecified atom stereocenters. The number of carbonyl (C=O) groups excluding carboxylic acids is 1. The Bertz CT molecular complexity index is 956. The van der Waals surface area contributed by atoms with Crippen molar-refractivity contribution < 1.29 is 9.90 Å². The fourth-order valence-electron chi connectivity index (χ4n) is 3.48. The molecule has 26 heavy (non-hydrogen) atoms. The molecule has 0 saturated carbocycles. The number of imidazole rings is 1. The molecule has 7 heteroatoms.